The van der Waals surface area contributed by atoms with Crippen LogP contribution in [-0.2, 0) is 26.2 Å². The minimum atomic E-state index is -4.41. The van der Waals surface area contributed by atoms with Crippen molar-refractivity contribution in [3.63, 3.8) is 0 Å². The second-order valence-electron chi connectivity index (χ2n) is 7.23. The Morgan fingerprint density at radius 2 is 1.94 bits per heavy atom. The molecular weight excluding hydrogens is 437 g/mol. The summed E-state index contributed by atoms with van der Waals surface area (Å²) in [5, 5.41) is 19.3. The lowest BCUT2D eigenvalue weighted by Gasteiger charge is -2.07. The second-order valence-corrected chi connectivity index (χ2v) is 7.23. The van der Waals surface area contributed by atoms with Gasteiger partial charge in [0.2, 0.25) is 5.95 Å². The maximum Gasteiger partial charge on any atom is 0.419 e. The summed E-state index contributed by atoms with van der Waals surface area (Å²) < 4.78 is 42.9. The summed E-state index contributed by atoms with van der Waals surface area (Å²) in [5.74, 6) is 1.79. The Morgan fingerprint density at radius 3 is 2.70 bits per heavy atom. The molecule has 10 nitrogen and oxygen atoms in total. The average Bonchev–Trinajstić information content (AvgIpc) is 3.52. The Hall–Kier alpha value is -4.29. The first-order chi connectivity index (χ1) is 15.9. The number of fused-ring (bicyclic) bond motifs is 1. The molecule has 5 aromatic rings. The molecule has 0 saturated carbocycles. The first-order valence-corrected chi connectivity index (χ1v) is 9.88. The van der Waals surface area contributed by atoms with E-state index in [4.69, 9.17) is 0 Å². The third-order valence-electron chi connectivity index (χ3n) is 5.02. The van der Waals surface area contributed by atoms with Crippen LogP contribution in [0.25, 0.3) is 16.9 Å². The maximum absolute atomic E-state index is 12.7. The van der Waals surface area contributed by atoms with Crippen molar-refractivity contribution in [2.24, 2.45) is 7.05 Å². The minimum Gasteiger partial charge on any atom is -0.309 e. The molecule has 0 radical (unpaired) electrons. The monoisotopic (exact) mass is 454 g/mol. The van der Waals surface area contributed by atoms with Gasteiger partial charge in [-0.3, -0.25) is 13.8 Å². The van der Waals surface area contributed by atoms with Gasteiger partial charge in [-0.05, 0) is 18.2 Å². The molecule has 0 aliphatic heterocycles. The van der Waals surface area contributed by atoms with Gasteiger partial charge in [0.1, 0.15) is 11.6 Å². The smallest absolute Gasteiger partial charge is 0.309 e. The molecule has 5 aromatic heterocycles. The van der Waals surface area contributed by atoms with E-state index in [0.717, 1.165) is 23.8 Å². The Bertz CT molecular complexity index is 1420. The van der Waals surface area contributed by atoms with Gasteiger partial charge in [-0.15, -0.1) is 10.2 Å². The molecule has 0 saturated heterocycles. The fourth-order valence-electron chi connectivity index (χ4n) is 3.31. The number of anilines is 2. The molecule has 5 heterocycles. The van der Waals surface area contributed by atoms with Crippen molar-refractivity contribution in [3.05, 3.63) is 66.6 Å². The van der Waals surface area contributed by atoms with Crippen LogP contribution in [0.3, 0.4) is 0 Å². The van der Waals surface area contributed by atoms with Crippen molar-refractivity contribution in [1.29, 1.82) is 0 Å². The molecular formula is C20H17F3N10. The van der Waals surface area contributed by atoms with Crippen molar-refractivity contribution in [2.45, 2.75) is 19.1 Å². The molecule has 0 aromatic carbocycles. The van der Waals surface area contributed by atoms with Gasteiger partial charge in [0.25, 0.3) is 0 Å². The molecule has 0 fully saturated rings. The zero-order valence-electron chi connectivity index (χ0n) is 17.3. The number of aromatic nitrogens is 9. The highest BCUT2D eigenvalue weighted by Crippen LogP contribution is 2.28. The molecule has 168 valence electrons. The summed E-state index contributed by atoms with van der Waals surface area (Å²) >= 11 is 0. The molecule has 0 aliphatic rings. The topological polar surface area (TPSA) is 104 Å². The van der Waals surface area contributed by atoms with E-state index in [1.165, 1.54) is 4.68 Å². The maximum atomic E-state index is 12.7. The fraction of sp³-hybridized carbons (Fsp3) is 0.200. The van der Waals surface area contributed by atoms with Gasteiger partial charge in [-0.2, -0.15) is 23.4 Å². The predicted molar refractivity (Wildman–Crippen MR) is 111 cm³/mol. The van der Waals surface area contributed by atoms with Gasteiger partial charge in [0, 0.05) is 50.2 Å². The number of aryl methyl sites for hydroxylation is 3. The Labute approximate surface area is 184 Å². The van der Waals surface area contributed by atoms with E-state index in [9.17, 15) is 13.2 Å². The van der Waals surface area contributed by atoms with Crippen LogP contribution in [0, 0.1) is 0 Å². The average molecular weight is 454 g/mol. The highest BCUT2D eigenvalue weighted by Gasteiger charge is 2.32. The summed E-state index contributed by atoms with van der Waals surface area (Å²) in [6.45, 7) is 0.244. The van der Waals surface area contributed by atoms with E-state index in [0.29, 0.717) is 29.5 Å². The van der Waals surface area contributed by atoms with Gasteiger partial charge in [-0.1, -0.05) is 0 Å². The molecule has 0 spiro atoms. The first-order valence-electron chi connectivity index (χ1n) is 9.88. The van der Waals surface area contributed by atoms with E-state index in [1.54, 1.807) is 33.7 Å². The van der Waals surface area contributed by atoms with E-state index < -0.39 is 11.7 Å². The number of hydrogen-bond donors (Lipinski definition) is 1. The Balaban J connectivity index is 1.33. The summed E-state index contributed by atoms with van der Waals surface area (Å²) in [7, 11) is 1.81. The quantitative estimate of drug-likeness (QED) is 0.420. The van der Waals surface area contributed by atoms with Gasteiger partial charge >= 0.3 is 6.18 Å². The summed E-state index contributed by atoms with van der Waals surface area (Å²) in [5.41, 5.74) is 1.33. The number of nitrogens with one attached hydrogen (secondary N) is 1. The van der Waals surface area contributed by atoms with E-state index in [2.05, 4.69) is 35.7 Å². The van der Waals surface area contributed by atoms with Crippen LogP contribution in [-0.4, -0.2) is 44.1 Å². The number of nitrogens with zero attached hydrogens (tertiary/aromatic N) is 9. The van der Waals surface area contributed by atoms with Crippen LogP contribution in [0.2, 0.25) is 0 Å². The van der Waals surface area contributed by atoms with Gasteiger partial charge in [-0.25, -0.2) is 9.97 Å². The molecule has 0 aliphatic carbocycles. The van der Waals surface area contributed by atoms with Crippen molar-refractivity contribution in [2.75, 3.05) is 5.32 Å². The Morgan fingerprint density at radius 1 is 1.06 bits per heavy atom. The van der Waals surface area contributed by atoms with E-state index >= 15 is 0 Å². The molecule has 1 N–H and O–H groups in total. The van der Waals surface area contributed by atoms with E-state index in [-0.39, 0.29) is 6.54 Å². The number of halogens is 3. The SMILES string of the molecule is Cn1nccc1Nc1nccc(-c2ccn3c(CCn4cc(C(F)(F)F)cn4)nnc3c2)n1. The Kier molecular flexibility index (Phi) is 4.99. The fourth-order valence-corrected chi connectivity index (χ4v) is 3.31. The van der Waals surface area contributed by atoms with Gasteiger partial charge in [0.05, 0.1) is 23.7 Å². The number of pyridine rings is 1. The van der Waals surface area contributed by atoms with Crippen molar-refractivity contribution < 1.29 is 13.2 Å². The van der Waals surface area contributed by atoms with Gasteiger partial charge in [0.15, 0.2) is 5.65 Å². The number of hydrogen-bond acceptors (Lipinski definition) is 7. The van der Waals surface area contributed by atoms with E-state index in [1.807, 2.05) is 25.2 Å². The van der Waals surface area contributed by atoms with Crippen LogP contribution in [0.4, 0.5) is 24.9 Å². The number of rotatable bonds is 6. The molecule has 0 atom stereocenters. The molecule has 13 heteroatoms. The molecule has 0 amide bonds. The highest BCUT2D eigenvalue weighted by atomic mass is 19.4. The third kappa shape index (κ3) is 4.24. The standard InChI is InChI=1S/C20H17F3N10/c1-31-16(3-7-25-31)28-19-24-6-2-15(27-19)13-4-9-33-17(29-30-18(33)10-13)5-8-32-12-14(11-26-32)20(21,22)23/h2-4,6-7,9-12H,5,8H2,1H3,(H,24,27,28). The second kappa shape index (κ2) is 8.00. The molecule has 0 unspecified atom stereocenters. The zero-order valence-corrected chi connectivity index (χ0v) is 17.3. The number of alkyl halides is 3. The normalized spacial score (nSPS) is 11.9. The third-order valence-corrected chi connectivity index (χ3v) is 5.02. The van der Waals surface area contributed by atoms with Crippen LogP contribution >= 0.6 is 0 Å². The minimum absolute atomic E-state index is 0.244. The van der Waals surface area contributed by atoms with Crippen molar-refractivity contribution >= 4 is 17.4 Å². The largest absolute Gasteiger partial charge is 0.419 e. The lowest BCUT2D eigenvalue weighted by Crippen LogP contribution is -2.06. The van der Waals surface area contributed by atoms with Crippen LogP contribution in [0.1, 0.15) is 11.4 Å². The highest BCUT2D eigenvalue weighted by molar-refractivity contribution is 5.65. The lowest BCUT2D eigenvalue weighted by atomic mass is 10.2. The lowest BCUT2D eigenvalue weighted by molar-refractivity contribution is -0.137. The molecule has 0 bridgehead atoms. The van der Waals surface area contributed by atoms with Crippen molar-refractivity contribution in [1.82, 2.24) is 44.1 Å². The van der Waals surface area contributed by atoms with Crippen LogP contribution in [0.5, 0.6) is 0 Å². The van der Waals surface area contributed by atoms with Crippen LogP contribution < -0.4 is 5.32 Å². The molecule has 5 rings (SSSR count). The first kappa shape index (κ1) is 20.6. The zero-order chi connectivity index (χ0) is 23.0. The summed E-state index contributed by atoms with van der Waals surface area (Å²) in [6.07, 6.45) is 2.88. The summed E-state index contributed by atoms with van der Waals surface area (Å²) in [6, 6.07) is 7.30. The molecule has 33 heavy (non-hydrogen) atoms. The van der Waals surface area contributed by atoms with Crippen LogP contribution in [0.15, 0.2) is 55.2 Å². The summed E-state index contributed by atoms with van der Waals surface area (Å²) in [4.78, 5) is 8.79. The van der Waals surface area contributed by atoms with Crippen molar-refractivity contribution in [3.8, 4) is 11.3 Å². The predicted octanol–water partition coefficient (Wildman–Crippen LogP) is 3.12. The van der Waals surface area contributed by atoms with Gasteiger partial charge < -0.3 is 5.32 Å².